The number of pyridine rings is 1. The van der Waals surface area contributed by atoms with Gasteiger partial charge >= 0.3 is 0 Å². The zero-order valence-corrected chi connectivity index (χ0v) is 11.9. The number of carbonyl (C=O) groups is 1. The van der Waals surface area contributed by atoms with Gasteiger partial charge in [-0.3, -0.25) is 14.7 Å². The van der Waals surface area contributed by atoms with Gasteiger partial charge in [-0.2, -0.15) is 0 Å². The molecule has 0 spiro atoms. The molecule has 0 aliphatic carbocycles. The summed E-state index contributed by atoms with van der Waals surface area (Å²) < 4.78 is 0. The van der Waals surface area contributed by atoms with Crippen molar-refractivity contribution in [2.75, 3.05) is 19.6 Å². The highest BCUT2D eigenvalue weighted by molar-refractivity contribution is 5.79. The molecule has 0 atom stereocenters. The van der Waals surface area contributed by atoms with Gasteiger partial charge in [0.05, 0.1) is 6.54 Å². The van der Waals surface area contributed by atoms with Gasteiger partial charge in [0.1, 0.15) is 0 Å². The Morgan fingerprint density at radius 2 is 2.10 bits per heavy atom. The number of aromatic nitrogens is 1. The fourth-order valence-electron chi connectivity index (χ4n) is 2.46. The van der Waals surface area contributed by atoms with Gasteiger partial charge in [-0.05, 0) is 50.6 Å². The average molecular weight is 271 g/mol. The van der Waals surface area contributed by atoms with Crippen LogP contribution in [-0.4, -0.2) is 35.4 Å². The summed E-state index contributed by atoms with van der Waals surface area (Å²) in [7, 11) is 0. The van der Waals surface area contributed by atoms with E-state index in [2.05, 4.69) is 27.0 Å². The van der Waals surface area contributed by atoms with E-state index in [0.29, 0.717) is 6.54 Å². The Bertz CT molecular complexity index is 481. The van der Waals surface area contributed by atoms with Crippen molar-refractivity contribution in [1.82, 2.24) is 15.2 Å². The molecular weight excluding hydrogens is 250 g/mol. The second kappa shape index (κ2) is 7.66. The third kappa shape index (κ3) is 4.36. The molecule has 0 radical (unpaired) electrons. The second-order valence-electron chi connectivity index (χ2n) is 5.05. The Balaban J connectivity index is 1.74. The molecule has 2 rings (SSSR count). The Labute approximate surface area is 120 Å². The molecule has 106 valence electrons. The molecule has 0 aromatic carbocycles. The van der Waals surface area contributed by atoms with Crippen molar-refractivity contribution in [2.24, 2.45) is 5.92 Å². The molecular formula is C16H21N3O. The largest absolute Gasteiger partial charge is 0.345 e. The van der Waals surface area contributed by atoms with E-state index < -0.39 is 0 Å². The van der Waals surface area contributed by atoms with Gasteiger partial charge in [-0.1, -0.05) is 5.92 Å². The quantitative estimate of drug-likeness (QED) is 0.843. The fourth-order valence-corrected chi connectivity index (χ4v) is 2.46. The molecule has 20 heavy (non-hydrogen) atoms. The maximum atomic E-state index is 11.9. The number of rotatable bonds is 4. The first-order chi connectivity index (χ1) is 9.79. The van der Waals surface area contributed by atoms with E-state index in [1.807, 2.05) is 24.5 Å². The van der Waals surface area contributed by atoms with Crippen LogP contribution in [0, 0.1) is 17.8 Å². The SMILES string of the molecule is CC#CCNC(=O)C1CCN(Cc2ccncc2)CC1. The first-order valence-electron chi connectivity index (χ1n) is 7.08. The molecule has 1 aliphatic heterocycles. The second-order valence-corrected chi connectivity index (χ2v) is 5.05. The number of likely N-dealkylation sites (tertiary alicyclic amines) is 1. The highest BCUT2D eigenvalue weighted by Crippen LogP contribution is 2.18. The van der Waals surface area contributed by atoms with Crippen LogP contribution in [0.3, 0.4) is 0 Å². The molecule has 1 N–H and O–H groups in total. The van der Waals surface area contributed by atoms with Crippen molar-refractivity contribution < 1.29 is 4.79 Å². The normalized spacial score (nSPS) is 16.2. The van der Waals surface area contributed by atoms with Gasteiger partial charge in [-0.15, -0.1) is 5.92 Å². The van der Waals surface area contributed by atoms with Gasteiger partial charge in [0.2, 0.25) is 5.91 Å². The number of hydrogen-bond donors (Lipinski definition) is 1. The van der Waals surface area contributed by atoms with Crippen LogP contribution in [-0.2, 0) is 11.3 Å². The Morgan fingerprint density at radius 3 is 2.75 bits per heavy atom. The highest BCUT2D eigenvalue weighted by atomic mass is 16.1. The number of piperidine rings is 1. The monoisotopic (exact) mass is 271 g/mol. The predicted octanol–water partition coefficient (Wildman–Crippen LogP) is 1.43. The maximum Gasteiger partial charge on any atom is 0.223 e. The van der Waals surface area contributed by atoms with E-state index in [0.717, 1.165) is 32.5 Å². The zero-order valence-electron chi connectivity index (χ0n) is 11.9. The van der Waals surface area contributed by atoms with Crippen LogP contribution in [0.25, 0.3) is 0 Å². The number of carbonyl (C=O) groups excluding carboxylic acids is 1. The van der Waals surface area contributed by atoms with Crippen molar-refractivity contribution in [1.29, 1.82) is 0 Å². The summed E-state index contributed by atoms with van der Waals surface area (Å²) in [5, 5.41) is 2.88. The van der Waals surface area contributed by atoms with Crippen LogP contribution in [0.15, 0.2) is 24.5 Å². The van der Waals surface area contributed by atoms with E-state index in [1.54, 1.807) is 6.92 Å². The van der Waals surface area contributed by atoms with Crippen molar-refractivity contribution in [3.05, 3.63) is 30.1 Å². The van der Waals surface area contributed by atoms with Gasteiger partial charge in [0.15, 0.2) is 0 Å². The van der Waals surface area contributed by atoms with Crippen LogP contribution in [0.1, 0.15) is 25.3 Å². The van der Waals surface area contributed by atoms with Crippen molar-refractivity contribution >= 4 is 5.91 Å². The summed E-state index contributed by atoms with van der Waals surface area (Å²) in [4.78, 5) is 18.4. The molecule has 0 saturated carbocycles. The summed E-state index contributed by atoms with van der Waals surface area (Å²) in [6.07, 6.45) is 5.50. The molecule has 2 heterocycles. The summed E-state index contributed by atoms with van der Waals surface area (Å²) >= 11 is 0. The molecule has 4 nitrogen and oxygen atoms in total. The molecule has 1 fully saturated rings. The first-order valence-corrected chi connectivity index (χ1v) is 7.08. The van der Waals surface area contributed by atoms with E-state index in [1.165, 1.54) is 5.56 Å². The predicted molar refractivity (Wildman–Crippen MR) is 78.7 cm³/mol. The lowest BCUT2D eigenvalue weighted by Gasteiger charge is -2.31. The van der Waals surface area contributed by atoms with E-state index in [9.17, 15) is 4.79 Å². The van der Waals surface area contributed by atoms with Crippen LogP contribution < -0.4 is 5.32 Å². The molecule has 1 amide bonds. The molecule has 1 aromatic rings. The minimum absolute atomic E-state index is 0.141. The lowest BCUT2D eigenvalue weighted by atomic mass is 9.95. The topological polar surface area (TPSA) is 45.2 Å². The van der Waals surface area contributed by atoms with Crippen molar-refractivity contribution in [2.45, 2.75) is 26.3 Å². The van der Waals surface area contributed by atoms with Crippen molar-refractivity contribution in [3.63, 3.8) is 0 Å². The molecule has 0 unspecified atom stereocenters. The smallest absolute Gasteiger partial charge is 0.223 e. The third-order valence-electron chi connectivity index (χ3n) is 3.64. The van der Waals surface area contributed by atoms with Gasteiger partial charge < -0.3 is 5.32 Å². The van der Waals surface area contributed by atoms with Crippen LogP contribution in [0.2, 0.25) is 0 Å². The number of nitrogens with zero attached hydrogens (tertiary/aromatic N) is 2. The van der Waals surface area contributed by atoms with E-state index in [4.69, 9.17) is 0 Å². The third-order valence-corrected chi connectivity index (χ3v) is 3.64. The van der Waals surface area contributed by atoms with E-state index in [-0.39, 0.29) is 11.8 Å². The average Bonchev–Trinajstić information content (AvgIpc) is 2.49. The van der Waals surface area contributed by atoms with E-state index >= 15 is 0 Å². The molecule has 1 saturated heterocycles. The van der Waals surface area contributed by atoms with Gasteiger partial charge in [-0.25, -0.2) is 0 Å². The maximum absolute atomic E-state index is 11.9. The molecule has 0 bridgehead atoms. The lowest BCUT2D eigenvalue weighted by molar-refractivity contribution is -0.126. The number of nitrogens with one attached hydrogen (secondary N) is 1. The molecule has 1 aromatic heterocycles. The Morgan fingerprint density at radius 1 is 1.40 bits per heavy atom. The lowest BCUT2D eigenvalue weighted by Crippen LogP contribution is -2.40. The summed E-state index contributed by atoms with van der Waals surface area (Å²) in [6, 6.07) is 4.09. The van der Waals surface area contributed by atoms with Gasteiger partial charge in [0, 0.05) is 24.9 Å². The summed E-state index contributed by atoms with van der Waals surface area (Å²) in [5.74, 6) is 5.93. The minimum atomic E-state index is 0.141. The van der Waals surface area contributed by atoms with Gasteiger partial charge in [0.25, 0.3) is 0 Å². The molecule has 1 aliphatic rings. The molecule has 4 heteroatoms. The zero-order chi connectivity index (χ0) is 14.2. The Kier molecular flexibility index (Phi) is 5.57. The Hall–Kier alpha value is -1.86. The standard InChI is InChI=1S/C16H21N3O/c1-2-3-8-18-16(20)15-6-11-19(12-7-15)13-14-4-9-17-10-5-14/h4-5,9-10,15H,6-8,11-13H2,1H3,(H,18,20). The number of hydrogen-bond acceptors (Lipinski definition) is 3. The van der Waals surface area contributed by atoms with Crippen molar-refractivity contribution in [3.8, 4) is 11.8 Å². The minimum Gasteiger partial charge on any atom is -0.345 e. The summed E-state index contributed by atoms with van der Waals surface area (Å²) in [6.45, 7) is 5.13. The van der Waals surface area contributed by atoms with Crippen LogP contribution in [0.4, 0.5) is 0 Å². The first kappa shape index (κ1) is 14.5. The van der Waals surface area contributed by atoms with Crippen LogP contribution in [0.5, 0.6) is 0 Å². The number of amides is 1. The van der Waals surface area contributed by atoms with Crippen LogP contribution >= 0.6 is 0 Å². The fraction of sp³-hybridized carbons (Fsp3) is 0.500. The highest BCUT2D eigenvalue weighted by Gasteiger charge is 2.24. The summed E-state index contributed by atoms with van der Waals surface area (Å²) in [5.41, 5.74) is 1.28.